The zero-order chi connectivity index (χ0) is 17.8. The second-order valence-electron chi connectivity index (χ2n) is 5.65. The van der Waals surface area contributed by atoms with E-state index in [9.17, 15) is 14.0 Å². The van der Waals surface area contributed by atoms with Crippen LogP contribution < -0.4 is 15.4 Å². The topological polar surface area (TPSA) is 80.3 Å². The molecule has 1 aromatic heterocycles. The monoisotopic (exact) mass is 343 g/mol. The lowest BCUT2D eigenvalue weighted by Crippen LogP contribution is -2.34. The van der Waals surface area contributed by atoms with E-state index in [0.29, 0.717) is 23.7 Å². The van der Waals surface area contributed by atoms with E-state index in [4.69, 9.17) is 4.74 Å². The van der Waals surface area contributed by atoms with E-state index < -0.39 is 11.7 Å². The number of hydrogen-bond acceptors (Lipinski definition) is 4. The number of pyridine rings is 1. The number of benzene rings is 1. The summed E-state index contributed by atoms with van der Waals surface area (Å²) in [6.07, 6.45) is 1.64. The first-order valence-electron chi connectivity index (χ1n) is 8.02. The lowest BCUT2D eigenvalue weighted by atomic mass is 9.89. The molecular weight excluding hydrogens is 325 g/mol. The summed E-state index contributed by atoms with van der Waals surface area (Å²) in [7, 11) is 0. The van der Waals surface area contributed by atoms with Crippen molar-refractivity contribution in [2.45, 2.75) is 25.8 Å². The Hall–Kier alpha value is -2.96. The predicted molar refractivity (Wildman–Crippen MR) is 89.6 cm³/mol. The van der Waals surface area contributed by atoms with Crippen LogP contribution in [0.4, 0.5) is 10.1 Å². The number of halogens is 1. The molecule has 1 aliphatic rings. The third-order valence-corrected chi connectivity index (χ3v) is 3.95. The largest absolute Gasteiger partial charge is 0.478 e. The Labute approximate surface area is 144 Å². The predicted octanol–water partition coefficient (Wildman–Crippen LogP) is 2.36. The maximum absolute atomic E-state index is 13.4. The molecule has 130 valence electrons. The van der Waals surface area contributed by atoms with Gasteiger partial charge in [0.25, 0.3) is 0 Å². The number of anilines is 1. The first-order valence-corrected chi connectivity index (χ1v) is 8.02. The molecule has 7 heteroatoms. The Bertz CT molecular complexity index is 810. The summed E-state index contributed by atoms with van der Waals surface area (Å²) in [6.45, 7) is 2.56. The maximum Gasteiger partial charge on any atom is 0.228 e. The van der Waals surface area contributed by atoms with E-state index in [-0.39, 0.29) is 24.8 Å². The molecule has 1 aromatic carbocycles. The summed E-state index contributed by atoms with van der Waals surface area (Å²) in [6, 6.07) is 7.61. The van der Waals surface area contributed by atoms with Gasteiger partial charge in [0.05, 0.1) is 12.5 Å². The molecule has 2 amide bonds. The van der Waals surface area contributed by atoms with Crippen molar-refractivity contribution in [3.05, 3.63) is 53.5 Å². The van der Waals surface area contributed by atoms with Gasteiger partial charge in [0, 0.05) is 30.4 Å². The van der Waals surface area contributed by atoms with Crippen LogP contribution >= 0.6 is 0 Å². The third-order valence-electron chi connectivity index (χ3n) is 3.95. The standard InChI is InChI=1S/C18H18FN3O3/c1-2-25-18-11(4-3-7-20-18)10-21-17(24)14-9-16(23)22-15-8-12(19)5-6-13(14)15/h3-8,14H,2,9-10H2,1H3,(H,21,24)(H,22,23). The van der Waals surface area contributed by atoms with Crippen molar-refractivity contribution in [2.24, 2.45) is 0 Å². The van der Waals surface area contributed by atoms with Crippen molar-refractivity contribution in [3.8, 4) is 5.88 Å². The smallest absolute Gasteiger partial charge is 0.228 e. The number of hydrogen-bond donors (Lipinski definition) is 2. The van der Waals surface area contributed by atoms with Crippen LogP contribution in [-0.2, 0) is 16.1 Å². The van der Waals surface area contributed by atoms with Crippen molar-refractivity contribution in [1.82, 2.24) is 10.3 Å². The fraction of sp³-hybridized carbons (Fsp3) is 0.278. The van der Waals surface area contributed by atoms with Gasteiger partial charge in [0.15, 0.2) is 0 Å². The zero-order valence-corrected chi connectivity index (χ0v) is 13.7. The van der Waals surface area contributed by atoms with E-state index in [2.05, 4.69) is 15.6 Å². The molecule has 1 aliphatic heterocycles. The average Bonchev–Trinajstić information content (AvgIpc) is 2.60. The van der Waals surface area contributed by atoms with Gasteiger partial charge >= 0.3 is 0 Å². The second kappa shape index (κ2) is 7.29. The molecule has 0 aliphatic carbocycles. The van der Waals surface area contributed by atoms with Crippen LogP contribution in [0.5, 0.6) is 5.88 Å². The molecule has 3 rings (SSSR count). The van der Waals surface area contributed by atoms with Crippen LogP contribution in [-0.4, -0.2) is 23.4 Å². The number of carbonyl (C=O) groups is 2. The molecule has 0 spiro atoms. The molecule has 6 nitrogen and oxygen atoms in total. The number of nitrogens with zero attached hydrogens (tertiary/aromatic N) is 1. The summed E-state index contributed by atoms with van der Waals surface area (Å²) in [5.74, 6) is -1.26. The summed E-state index contributed by atoms with van der Waals surface area (Å²) >= 11 is 0. The molecule has 0 radical (unpaired) electrons. The van der Waals surface area contributed by atoms with Crippen LogP contribution in [0.3, 0.4) is 0 Å². The van der Waals surface area contributed by atoms with Gasteiger partial charge in [-0.25, -0.2) is 9.37 Å². The normalized spacial score (nSPS) is 15.9. The van der Waals surface area contributed by atoms with Gasteiger partial charge in [-0.3, -0.25) is 9.59 Å². The fourth-order valence-electron chi connectivity index (χ4n) is 2.80. The van der Waals surface area contributed by atoms with Crippen molar-refractivity contribution in [3.63, 3.8) is 0 Å². The van der Waals surface area contributed by atoms with E-state index >= 15 is 0 Å². The first-order chi connectivity index (χ1) is 12.1. The quantitative estimate of drug-likeness (QED) is 0.873. The molecule has 2 aromatic rings. The van der Waals surface area contributed by atoms with Gasteiger partial charge < -0.3 is 15.4 Å². The summed E-state index contributed by atoms with van der Waals surface area (Å²) in [4.78, 5) is 28.5. The highest BCUT2D eigenvalue weighted by atomic mass is 19.1. The Morgan fingerprint density at radius 2 is 2.28 bits per heavy atom. The van der Waals surface area contributed by atoms with Crippen LogP contribution in [0.2, 0.25) is 0 Å². The van der Waals surface area contributed by atoms with Gasteiger partial charge in [-0.2, -0.15) is 0 Å². The van der Waals surface area contributed by atoms with Crippen molar-refractivity contribution < 1.29 is 18.7 Å². The number of nitrogens with one attached hydrogen (secondary N) is 2. The van der Waals surface area contributed by atoms with Crippen molar-refractivity contribution in [1.29, 1.82) is 0 Å². The fourth-order valence-corrected chi connectivity index (χ4v) is 2.80. The van der Waals surface area contributed by atoms with Gasteiger partial charge in [-0.05, 0) is 30.7 Å². The third kappa shape index (κ3) is 3.76. The number of fused-ring (bicyclic) bond motifs is 1. The second-order valence-corrected chi connectivity index (χ2v) is 5.65. The Balaban J connectivity index is 1.75. The molecule has 0 saturated heterocycles. The maximum atomic E-state index is 13.4. The van der Waals surface area contributed by atoms with E-state index in [1.807, 2.05) is 13.0 Å². The molecule has 0 bridgehead atoms. The minimum atomic E-state index is -0.656. The summed E-state index contributed by atoms with van der Waals surface area (Å²) < 4.78 is 18.8. The van der Waals surface area contributed by atoms with Crippen LogP contribution in [0.15, 0.2) is 36.5 Å². The van der Waals surface area contributed by atoms with Gasteiger partial charge in [0.2, 0.25) is 17.7 Å². The highest BCUT2D eigenvalue weighted by Gasteiger charge is 2.30. The van der Waals surface area contributed by atoms with Crippen molar-refractivity contribution in [2.75, 3.05) is 11.9 Å². The minimum absolute atomic E-state index is 0.0236. The Kier molecular flexibility index (Phi) is 4.92. The highest BCUT2D eigenvalue weighted by molar-refractivity contribution is 6.01. The molecule has 0 fully saturated rings. The SMILES string of the molecule is CCOc1ncccc1CNC(=O)C1CC(=O)Nc2cc(F)ccc21. The molecule has 1 atom stereocenters. The minimum Gasteiger partial charge on any atom is -0.478 e. The number of carbonyl (C=O) groups excluding carboxylic acids is 2. The van der Waals surface area contributed by atoms with Gasteiger partial charge in [-0.1, -0.05) is 12.1 Å². The average molecular weight is 343 g/mol. The molecule has 2 N–H and O–H groups in total. The van der Waals surface area contributed by atoms with Crippen LogP contribution in [0.25, 0.3) is 0 Å². The summed E-state index contributed by atoms with van der Waals surface area (Å²) in [5, 5.41) is 5.41. The Morgan fingerprint density at radius 3 is 3.08 bits per heavy atom. The molecule has 25 heavy (non-hydrogen) atoms. The van der Waals surface area contributed by atoms with E-state index in [0.717, 1.165) is 5.56 Å². The van der Waals surface area contributed by atoms with Gasteiger partial charge in [0.1, 0.15) is 5.82 Å². The molecule has 1 unspecified atom stereocenters. The zero-order valence-electron chi connectivity index (χ0n) is 13.7. The van der Waals surface area contributed by atoms with Gasteiger partial charge in [-0.15, -0.1) is 0 Å². The van der Waals surface area contributed by atoms with Crippen LogP contribution in [0.1, 0.15) is 30.4 Å². The Morgan fingerprint density at radius 1 is 1.44 bits per heavy atom. The number of ether oxygens (including phenoxy) is 1. The van der Waals surface area contributed by atoms with Crippen LogP contribution in [0, 0.1) is 5.82 Å². The number of amides is 2. The highest BCUT2D eigenvalue weighted by Crippen LogP contribution is 2.33. The molecule has 2 heterocycles. The number of rotatable bonds is 5. The summed E-state index contributed by atoms with van der Waals surface area (Å²) in [5.41, 5.74) is 1.69. The van der Waals surface area contributed by atoms with E-state index in [1.54, 1.807) is 12.3 Å². The first kappa shape index (κ1) is 16.9. The van der Waals surface area contributed by atoms with Crippen molar-refractivity contribution >= 4 is 17.5 Å². The lowest BCUT2D eigenvalue weighted by Gasteiger charge is -2.25. The lowest BCUT2D eigenvalue weighted by molar-refractivity contribution is -0.126. The molecular formula is C18H18FN3O3. The van der Waals surface area contributed by atoms with E-state index in [1.165, 1.54) is 18.2 Å². The molecule has 0 saturated carbocycles. The number of aromatic nitrogens is 1.